The SMILES string of the molecule is C=CCOc1ccc(C=Nc2cc(Cl)ccc2C)cc1OC. The Morgan fingerprint density at radius 3 is 2.73 bits per heavy atom. The molecule has 0 bridgehead atoms. The van der Waals surface area contributed by atoms with Crippen LogP contribution in [0.2, 0.25) is 5.02 Å². The Morgan fingerprint density at radius 2 is 2.00 bits per heavy atom. The fourth-order valence-corrected chi connectivity index (χ4v) is 2.06. The second-order valence-corrected chi connectivity index (χ2v) is 5.14. The molecule has 114 valence electrons. The predicted molar refractivity (Wildman–Crippen MR) is 92.1 cm³/mol. The molecule has 2 aromatic rings. The molecule has 0 unspecified atom stereocenters. The van der Waals surface area contributed by atoms with Gasteiger partial charge in [-0.25, -0.2) is 0 Å². The number of hydrogen-bond acceptors (Lipinski definition) is 3. The van der Waals surface area contributed by atoms with E-state index >= 15 is 0 Å². The molecular formula is C18H18ClNO2. The quantitative estimate of drug-likeness (QED) is 0.556. The molecule has 0 N–H and O–H groups in total. The number of methoxy groups -OCH3 is 1. The van der Waals surface area contributed by atoms with Crippen LogP contribution in [0.15, 0.2) is 54.0 Å². The van der Waals surface area contributed by atoms with E-state index in [0.717, 1.165) is 16.8 Å². The van der Waals surface area contributed by atoms with Gasteiger partial charge in [0.1, 0.15) is 6.61 Å². The third kappa shape index (κ3) is 4.12. The normalized spacial score (nSPS) is 10.7. The van der Waals surface area contributed by atoms with E-state index in [2.05, 4.69) is 11.6 Å². The maximum absolute atomic E-state index is 6.00. The van der Waals surface area contributed by atoms with Gasteiger partial charge >= 0.3 is 0 Å². The van der Waals surface area contributed by atoms with Crippen LogP contribution in [-0.4, -0.2) is 19.9 Å². The van der Waals surface area contributed by atoms with Crippen molar-refractivity contribution in [3.05, 3.63) is 65.2 Å². The first-order chi connectivity index (χ1) is 10.6. The fraction of sp³-hybridized carbons (Fsp3) is 0.167. The lowest BCUT2D eigenvalue weighted by molar-refractivity contribution is 0.326. The Hall–Kier alpha value is -2.26. The first-order valence-electron chi connectivity index (χ1n) is 6.86. The van der Waals surface area contributed by atoms with E-state index in [0.29, 0.717) is 23.1 Å². The van der Waals surface area contributed by atoms with Crippen molar-refractivity contribution >= 4 is 23.5 Å². The Bertz CT molecular complexity index is 695. The van der Waals surface area contributed by atoms with Crippen molar-refractivity contribution < 1.29 is 9.47 Å². The Balaban J connectivity index is 2.24. The molecule has 0 aliphatic rings. The molecule has 22 heavy (non-hydrogen) atoms. The van der Waals surface area contributed by atoms with E-state index < -0.39 is 0 Å². The first kappa shape index (κ1) is 16.1. The zero-order chi connectivity index (χ0) is 15.9. The van der Waals surface area contributed by atoms with Crippen molar-refractivity contribution in [2.45, 2.75) is 6.92 Å². The Labute approximate surface area is 135 Å². The van der Waals surface area contributed by atoms with E-state index in [-0.39, 0.29) is 0 Å². The van der Waals surface area contributed by atoms with Crippen LogP contribution in [0.3, 0.4) is 0 Å². The molecule has 3 nitrogen and oxygen atoms in total. The molecule has 0 aliphatic heterocycles. The highest BCUT2D eigenvalue weighted by Crippen LogP contribution is 2.28. The largest absolute Gasteiger partial charge is 0.493 e. The van der Waals surface area contributed by atoms with Crippen LogP contribution in [0.5, 0.6) is 11.5 Å². The smallest absolute Gasteiger partial charge is 0.161 e. The van der Waals surface area contributed by atoms with Crippen molar-refractivity contribution in [2.75, 3.05) is 13.7 Å². The minimum Gasteiger partial charge on any atom is -0.493 e. The molecule has 2 aromatic carbocycles. The number of benzene rings is 2. The second-order valence-electron chi connectivity index (χ2n) is 4.70. The fourth-order valence-electron chi connectivity index (χ4n) is 1.90. The topological polar surface area (TPSA) is 30.8 Å². The van der Waals surface area contributed by atoms with E-state index in [1.165, 1.54) is 0 Å². The van der Waals surface area contributed by atoms with E-state index in [1.807, 2.05) is 43.3 Å². The zero-order valence-corrected chi connectivity index (χ0v) is 13.4. The molecule has 2 rings (SSSR count). The molecule has 0 spiro atoms. The number of hydrogen-bond donors (Lipinski definition) is 0. The van der Waals surface area contributed by atoms with Gasteiger partial charge in [-0.3, -0.25) is 4.99 Å². The molecule has 0 amide bonds. The molecule has 0 radical (unpaired) electrons. The predicted octanol–water partition coefficient (Wildman–Crippen LogP) is 4.97. The summed E-state index contributed by atoms with van der Waals surface area (Å²) in [7, 11) is 1.61. The molecule has 0 aliphatic carbocycles. The molecule has 0 aromatic heterocycles. The van der Waals surface area contributed by atoms with Gasteiger partial charge in [0.05, 0.1) is 12.8 Å². The minimum absolute atomic E-state index is 0.436. The highest BCUT2D eigenvalue weighted by molar-refractivity contribution is 6.30. The van der Waals surface area contributed by atoms with Gasteiger partial charge in [-0.05, 0) is 48.4 Å². The lowest BCUT2D eigenvalue weighted by atomic mass is 10.2. The molecule has 0 fully saturated rings. The molecule has 0 heterocycles. The van der Waals surface area contributed by atoms with Gasteiger partial charge in [-0.15, -0.1) is 0 Å². The number of halogens is 1. The zero-order valence-electron chi connectivity index (χ0n) is 12.7. The summed E-state index contributed by atoms with van der Waals surface area (Å²) < 4.78 is 10.9. The van der Waals surface area contributed by atoms with Gasteiger partial charge < -0.3 is 9.47 Å². The number of nitrogens with zero attached hydrogens (tertiary/aromatic N) is 1. The second kappa shape index (κ2) is 7.66. The monoisotopic (exact) mass is 315 g/mol. The number of aliphatic imine (C=N–C) groups is 1. The molecular weight excluding hydrogens is 298 g/mol. The highest BCUT2D eigenvalue weighted by atomic mass is 35.5. The van der Waals surface area contributed by atoms with Gasteiger partial charge in [0.15, 0.2) is 11.5 Å². The maximum Gasteiger partial charge on any atom is 0.161 e. The summed E-state index contributed by atoms with van der Waals surface area (Å²) >= 11 is 6.00. The summed E-state index contributed by atoms with van der Waals surface area (Å²) in [5, 5.41) is 0.670. The van der Waals surface area contributed by atoms with Crippen LogP contribution >= 0.6 is 11.6 Å². The van der Waals surface area contributed by atoms with Crippen molar-refractivity contribution in [2.24, 2.45) is 4.99 Å². The van der Waals surface area contributed by atoms with Crippen LogP contribution in [0.1, 0.15) is 11.1 Å². The van der Waals surface area contributed by atoms with Crippen LogP contribution in [0.25, 0.3) is 0 Å². The number of ether oxygens (including phenoxy) is 2. The average molecular weight is 316 g/mol. The third-order valence-electron chi connectivity index (χ3n) is 3.07. The molecule has 0 atom stereocenters. The molecule has 4 heteroatoms. The van der Waals surface area contributed by atoms with Crippen molar-refractivity contribution in [1.82, 2.24) is 0 Å². The lowest BCUT2D eigenvalue weighted by Crippen LogP contribution is -1.97. The Kier molecular flexibility index (Phi) is 5.61. The van der Waals surface area contributed by atoms with E-state index in [4.69, 9.17) is 21.1 Å². The van der Waals surface area contributed by atoms with Gasteiger partial charge in [0, 0.05) is 11.2 Å². The van der Waals surface area contributed by atoms with Gasteiger partial charge in [-0.1, -0.05) is 30.3 Å². The summed E-state index contributed by atoms with van der Waals surface area (Å²) in [6.45, 7) is 6.06. The summed E-state index contributed by atoms with van der Waals surface area (Å²) in [6.07, 6.45) is 3.47. The minimum atomic E-state index is 0.436. The van der Waals surface area contributed by atoms with Crippen LogP contribution in [0.4, 0.5) is 5.69 Å². The van der Waals surface area contributed by atoms with Crippen molar-refractivity contribution in [1.29, 1.82) is 0 Å². The van der Waals surface area contributed by atoms with Crippen LogP contribution < -0.4 is 9.47 Å². The van der Waals surface area contributed by atoms with Gasteiger partial charge in [0.2, 0.25) is 0 Å². The first-order valence-corrected chi connectivity index (χ1v) is 7.24. The van der Waals surface area contributed by atoms with E-state index in [1.54, 1.807) is 19.4 Å². The third-order valence-corrected chi connectivity index (χ3v) is 3.30. The van der Waals surface area contributed by atoms with Gasteiger partial charge in [0.25, 0.3) is 0 Å². The number of aryl methyl sites for hydroxylation is 1. The summed E-state index contributed by atoms with van der Waals surface area (Å²) in [5.74, 6) is 1.34. The van der Waals surface area contributed by atoms with Crippen molar-refractivity contribution in [3.8, 4) is 11.5 Å². The molecule has 0 saturated heterocycles. The maximum atomic E-state index is 6.00. The Morgan fingerprint density at radius 1 is 1.18 bits per heavy atom. The lowest BCUT2D eigenvalue weighted by Gasteiger charge is -2.09. The average Bonchev–Trinajstić information content (AvgIpc) is 2.54. The number of rotatable bonds is 6. The van der Waals surface area contributed by atoms with Crippen LogP contribution in [0, 0.1) is 6.92 Å². The van der Waals surface area contributed by atoms with Gasteiger partial charge in [-0.2, -0.15) is 0 Å². The molecule has 0 saturated carbocycles. The van der Waals surface area contributed by atoms with E-state index in [9.17, 15) is 0 Å². The highest BCUT2D eigenvalue weighted by Gasteiger charge is 2.04. The summed E-state index contributed by atoms with van der Waals surface area (Å²) in [4.78, 5) is 4.48. The van der Waals surface area contributed by atoms with Crippen molar-refractivity contribution in [3.63, 3.8) is 0 Å². The van der Waals surface area contributed by atoms with Crippen LogP contribution in [-0.2, 0) is 0 Å². The standard InChI is InChI=1S/C18H18ClNO2/c1-4-9-22-17-8-6-14(10-18(17)21-3)12-20-16-11-15(19)7-5-13(16)2/h4-8,10-12H,1,9H2,2-3H3. The summed E-state index contributed by atoms with van der Waals surface area (Å²) in [5.41, 5.74) is 2.83. The summed E-state index contributed by atoms with van der Waals surface area (Å²) in [6, 6.07) is 11.3.